The molecule has 2 unspecified atom stereocenters. The molecular weight excluding hydrogens is 332 g/mol. The first-order valence-corrected chi connectivity index (χ1v) is 8.94. The Labute approximate surface area is 149 Å². The minimum Gasteiger partial charge on any atom is -0.354 e. The lowest BCUT2D eigenvalue weighted by Gasteiger charge is -2.22. The van der Waals surface area contributed by atoms with Gasteiger partial charge in [-0.2, -0.15) is 5.10 Å². The van der Waals surface area contributed by atoms with Crippen molar-refractivity contribution in [2.75, 3.05) is 36.0 Å². The molecule has 2 aliphatic rings. The standard InChI is InChI=1S/C17H20N8O/c1-2-23-10-20-15-16(23)18-9-19-17(15)25-7-11-5-24(6-12(11)8-25)13-3-4-14(26)22-21-13/h3-4,9-12H,2,5-8H2,1H3,(H,22,26). The molecule has 0 radical (unpaired) electrons. The van der Waals surface area contributed by atoms with Crippen LogP contribution >= 0.6 is 0 Å². The lowest BCUT2D eigenvalue weighted by molar-refractivity contribution is 0.533. The summed E-state index contributed by atoms with van der Waals surface area (Å²) in [6, 6.07) is 3.33. The summed E-state index contributed by atoms with van der Waals surface area (Å²) >= 11 is 0. The minimum atomic E-state index is -0.168. The predicted octanol–water partition coefficient (Wildman–Crippen LogP) is 0.502. The average Bonchev–Trinajstić information content (AvgIpc) is 3.34. The zero-order valence-electron chi connectivity index (χ0n) is 14.5. The van der Waals surface area contributed by atoms with Crippen LogP contribution in [0.15, 0.2) is 29.6 Å². The molecule has 0 saturated carbocycles. The summed E-state index contributed by atoms with van der Waals surface area (Å²) in [6.07, 6.45) is 3.47. The van der Waals surface area contributed by atoms with E-state index in [-0.39, 0.29) is 5.56 Å². The first-order valence-electron chi connectivity index (χ1n) is 8.94. The Hall–Kier alpha value is -2.97. The quantitative estimate of drug-likeness (QED) is 0.733. The van der Waals surface area contributed by atoms with Crippen molar-refractivity contribution in [1.82, 2.24) is 29.7 Å². The molecule has 9 heteroatoms. The number of hydrogen-bond donors (Lipinski definition) is 1. The molecule has 5 heterocycles. The third kappa shape index (κ3) is 2.34. The molecule has 3 aromatic rings. The number of nitrogens with one attached hydrogen (secondary N) is 1. The summed E-state index contributed by atoms with van der Waals surface area (Å²) in [5, 5.41) is 6.68. The van der Waals surface area contributed by atoms with Gasteiger partial charge in [0.05, 0.1) is 6.33 Å². The van der Waals surface area contributed by atoms with Crippen LogP contribution in [0.2, 0.25) is 0 Å². The summed E-state index contributed by atoms with van der Waals surface area (Å²) in [5.41, 5.74) is 1.61. The van der Waals surface area contributed by atoms with Crippen LogP contribution in [0, 0.1) is 11.8 Å². The summed E-state index contributed by atoms with van der Waals surface area (Å²) in [5.74, 6) is 2.89. The lowest BCUT2D eigenvalue weighted by Crippen LogP contribution is -2.30. The number of aromatic amines is 1. The topological polar surface area (TPSA) is 95.8 Å². The van der Waals surface area contributed by atoms with E-state index in [9.17, 15) is 4.79 Å². The highest BCUT2D eigenvalue weighted by molar-refractivity contribution is 5.83. The molecular formula is C17H20N8O. The predicted molar refractivity (Wildman–Crippen MR) is 97.3 cm³/mol. The SMILES string of the molecule is CCn1cnc2c(N3CC4CN(c5ccc(=O)[nH]n5)CC4C3)ncnc21. The number of fused-ring (bicyclic) bond motifs is 2. The van der Waals surface area contributed by atoms with E-state index in [1.54, 1.807) is 12.4 Å². The molecule has 0 bridgehead atoms. The van der Waals surface area contributed by atoms with Crippen LogP contribution in [0.1, 0.15) is 6.92 Å². The molecule has 26 heavy (non-hydrogen) atoms. The van der Waals surface area contributed by atoms with Crippen LogP contribution in [0.5, 0.6) is 0 Å². The minimum absolute atomic E-state index is 0.168. The van der Waals surface area contributed by atoms with Crippen LogP contribution in [0.3, 0.4) is 0 Å². The van der Waals surface area contributed by atoms with Crippen molar-refractivity contribution in [1.29, 1.82) is 0 Å². The van der Waals surface area contributed by atoms with E-state index in [0.29, 0.717) is 11.8 Å². The first kappa shape index (κ1) is 15.3. The van der Waals surface area contributed by atoms with Gasteiger partial charge in [-0.15, -0.1) is 0 Å². The van der Waals surface area contributed by atoms with Crippen LogP contribution in [0.25, 0.3) is 11.2 Å². The van der Waals surface area contributed by atoms with Crippen molar-refractivity contribution in [2.24, 2.45) is 11.8 Å². The Bertz CT molecular complexity index is 977. The van der Waals surface area contributed by atoms with Crippen LogP contribution < -0.4 is 15.4 Å². The van der Waals surface area contributed by atoms with Crippen LogP contribution in [0.4, 0.5) is 11.6 Å². The second-order valence-corrected chi connectivity index (χ2v) is 7.01. The van der Waals surface area contributed by atoms with Crippen molar-refractivity contribution < 1.29 is 0 Å². The molecule has 2 atom stereocenters. The highest BCUT2D eigenvalue weighted by atomic mass is 16.1. The number of imidazole rings is 1. The number of hydrogen-bond acceptors (Lipinski definition) is 7. The molecule has 5 rings (SSSR count). The summed E-state index contributed by atoms with van der Waals surface area (Å²) < 4.78 is 2.04. The van der Waals surface area contributed by atoms with Crippen LogP contribution in [-0.4, -0.2) is 55.9 Å². The third-order valence-corrected chi connectivity index (χ3v) is 5.50. The molecule has 0 aromatic carbocycles. The Kier molecular flexibility index (Phi) is 3.41. The first-order chi connectivity index (χ1) is 12.7. The number of anilines is 2. The smallest absolute Gasteiger partial charge is 0.264 e. The van der Waals surface area contributed by atoms with Crippen molar-refractivity contribution in [3.05, 3.63) is 35.1 Å². The van der Waals surface area contributed by atoms with E-state index in [2.05, 4.69) is 41.9 Å². The fraction of sp³-hybridized carbons (Fsp3) is 0.471. The maximum atomic E-state index is 11.2. The van der Waals surface area contributed by atoms with Gasteiger partial charge in [0.1, 0.15) is 12.1 Å². The third-order valence-electron chi connectivity index (χ3n) is 5.50. The summed E-state index contributed by atoms with van der Waals surface area (Å²) in [6.45, 7) is 6.73. The molecule has 3 aromatic heterocycles. The van der Waals surface area contributed by atoms with Gasteiger partial charge in [-0.05, 0) is 13.0 Å². The second-order valence-electron chi connectivity index (χ2n) is 7.01. The van der Waals surface area contributed by atoms with Gasteiger partial charge in [0.2, 0.25) is 0 Å². The Morgan fingerprint density at radius 1 is 1.08 bits per heavy atom. The number of aromatic nitrogens is 6. The largest absolute Gasteiger partial charge is 0.354 e. The van der Waals surface area contributed by atoms with Gasteiger partial charge in [0.15, 0.2) is 17.0 Å². The number of aryl methyl sites for hydroxylation is 1. The van der Waals surface area contributed by atoms with E-state index >= 15 is 0 Å². The molecule has 9 nitrogen and oxygen atoms in total. The van der Waals surface area contributed by atoms with Gasteiger partial charge >= 0.3 is 0 Å². The van der Waals surface area contributed by atoms with Gasteiger partial charge in [-0.1, -0.05) is 0 Å². The molecule has 0 aliphatic carbocycles. The Morgan fingerprint density at radius 2 is 1.85 bits per heavy atom. The van der Waals surface area contributed by atoms with Gasteiger partial charge < -0.3 is 14.4 Å². The number of nitrogens with zero attached hydrogens (tertiary/aromatic N) is 7. The molecule has 2 aliphatic heterocycles. The van der Waals surface area contributed by atoms with Crippen molar-refractivity contribution in [2.45, 2.75) is 13.5 Å². The zero-order chi connectivity index (χ0) is 17.7. The van der Waals surface area contributed by atoms with E-state index in [1.807, 2.05) is 10.9 Å². The zero-order valence-corrected chi connectivity index (χ0v) is 14.5. The molecule has 2 saturated heterocycles. The fourth-order valence-corrected chi connectivity index (χ4v) is 4.20. The van der Waals surface area contributed by atoms with E-state index < -0.39 is 0 Å². The second kappa shape index (κ2) is 5.79. The Balaban J connectivity index is 1.36. The number of H-pyrrole nitrogens is 1. The monoisotopic (exact) mass is 352 g/mol. The highest BCUT2D eigenvalue weighted by Gasteiger charge is 2.41. The van der Waals surface area contributed by atoms with E-state index in [1.165, 1.54) is 6.07 Å². The van der Waals surface area contributed by atoms with Crippen LogP contribution in [-0.2, 0) is 6.54 Å². The van der Waals surface area contributed by atoms with Gasteiger partial charge in [-0.3, -0.25) is 4.79 Å². The van der Waals surface area contributed by atoms with Crippen molar-refractivity contribution in [3.63, 3.8) is 0 Å². The van der Waals surface area contributed by atoms with Crippen molar-refractivity contribution >= 4 is 22.8 Å². The van der Waals surface area contributed by atoms with E-state index in [4.69, 9.17) is 0 Å². The normalized spacial score (nSPS) is 22.3. The van der Waals surface area contributed by atoms with Gasteiger partial charge in [0.25, 0.3) is 5.56 Å². The number of rotatable bonds is 3. The lowest BCUT2D eigenvalue weighted by atomic mass is 10.0. The highest BCUT2D eigenvalue weighted by Crippen LogP contribution is 2.36. The van der Waals surface area contributed by atoms with E-state index in [0.717, 1.165) is 55.5 Å². The average molecular weight is 352 g/mol. The summed E-state index contributed by atoms with van der Waals surface area (Å²) in [4.78, 5) is 29.2. The molecule has 0 amide bonds. The Morgan fingerprint density at radius 3 is 2.54 bits per heavy atom. The fourth-order valence-electron chi connectivity index (χ4n) is 4.20. The van der Waals surface area contributed by atoms with Crippen molar-refractivity contribution in [3.8, 4) is 0 Å². The summed E-state index contributed by atoms with van der Waals surface area (Å²) in [7, 11) is 0. The van der Waals surface area contributed by atoms with Gasteiger partial charge in [-0.25, -0.2) is 20.1 Å². The molecule has 0 spiro atoms. The maximum Gasteiger partial charge on any atom is 0.264 e. The maximum absolute atomic E-state index is 11.2. The van der Waals surface area contributed by atoms with Gasteiger partial charge in [0, 0.05) is 50.6 Å². The molecule has 134 valence electrons. The molecule has 1 N–H and O–H groups in total. The molecule has 2 fully saturated rings.